The van der Waals surface area contributed by atoms with Gasteiger partial charge in [-0.15, -0.1) is 10.2 Å². The van der Waals surface area contributed by atoms with Crippen LogP contribution in [0, 0.1) is 0 Å². The van der Waals surface area contributed by atoms with Crippen LogP contribution in [0.2, 0.25) is 0 Å². The smallest absolute Gasteiger partial charge is 0.137 e. The summed E-state index contributed by atoms with van der Waals surface area (Å²) in [5.41, 5.74) is 2.82. The molecule has 0 radical (unpaired) electrons. The van der Waals surface area contributed by atoms with E-state index in [2.05, 4.69) is 85.2 Å². The molecule has 0 N–H and O–H groups in total. The molecule has 1 aromatic heterocycles. The first-order valence-corrected chi connectivity index (χ1v) is 11.3. The van der Waals surface area contributed by atoms with Gasteiger partial charge in [-0.25, -0.2) is 0 Å². The van der Waals surface area contributed by atoms with Crippen molar-refractivity contribution >= 4 is 0 Å². The zero-order chi connectivity index (χ0) is 20.2. The molecule has 5 nitrogen and oxygen atoms in total. The molecule has 0 amide bonds. The molecular formula is C25H31N5. The Morgan fingerprint density at radius 2 is 1.53 bits per heavy atom. The van der Waals surface area contributed by atoms with Gasteiger partial charge in [0.25, 0.3) is 0 Å². The minimum absolute atomic E-state index is 0.505. The molecule has 5 rings (SSSR count). The highest BCUT2D eigenvalue weighted by molar-refractivity contribution is 5.16. The van der Waals surface area contributed by atoms with Crippen molar-refractivity contribution in [1.82, 2.24) is 24.6 Å². The normalized spacial score (nSPS) is 20.2. The van der Waals surface area contributed by atoms with E-state index in [1.54, 1.807) is 0 Å². The lowest BCUT2D eigenvalue weighted by atomic mass is 10.1. The van der Waals surface area contributed by atoms with Crippen molar-refractivity contribution in [3.63, 3.8) is 0 Å². The lowest BCUT2D eigenvalue weighted by Crippen LogP contribution is -2.29. The largest absolute Gasteiger partial charge is 0.313 e. The third kappa shape index (κ3) is 4.47. The fraction of sp³-hybridized carbons (Fsp3) is 0.440. The average Bonchev–Trinajstić information content (AvgIpc) is 3.36. The van der Waals surface area contributed by atoms with Crippen LogP contribution < -0.4 is 0 Å². The molecule has 3 heterocycles. The third-order valence-electron chi connectivity index (χ3n) is 6.59. The molecule has 2 aliphatic heterocycles. The number of likely N-dealkylation sites (tertiary alicyclic amines) is 1. The van der Waals surface area contributed by atoms with Gasteiger partial charge in [0.2, 0.25) is 0 Å². The van der Waals surface area contributed by atoms with Crippen LogP contribution in [0.5, 0.6) is 0 Å². The molecule has 0 bridgehead atoms. The van der Waals surface area contributed by atoms with Crippen LogP contribution in [0.25, 0.3) is 0 Å². The van der Waals surface area contributed by atoms with Gasteiger partial charge < -0.3 is 9.47 Å². The summed E-state index contributed by atoms with van der Waals surface area (Å²) in [7, 11) is 0. The molecule has 1 atom stereocenters. The van der Waals surface area contributed by atoms with Crippen LogP contribution in [0.15, 0.2) is 60.7 Å². The third-order valence-corrected chi connectivity index (χ3v) is 6.59. The van der Waals surface area contributed by atoms with Gasteiger partial charge in [-0.05, 0) is 30.5 Å². The topological polar surface area (TPSA) is 37.2 Å². The molecule has 2 aromatic carbocycles. The summed E-state index contributed by atoms with van der Waals surface area (Å²) in [6.45, 7) is 7.57. The van der Waals surface area contributed by atoms with Gasteiger partial charge in [0.1, 0.15) is 11.6 Å². The molecule has 156 valence electrons. The Morgan fingerprint density at radius 3 is 2.33 bits per heavy atom. The lowest BCUT2D eigenvalue weighted by molar-refractivity contribution is 0.281. The molecule has 0 saturated carbocycles. The summed E-state index contributed by atoms with van der Waals surface area (Å²) >= 11 is 0. The molecule has 1 fully saturated rings. The van der Waals surface area contributed by atoms with Crippen LogP contribution in [0.3, 0.4) is 0 Å². The highest BCUT2D eigenvalue weighted by Crippen LogP contribution is 2.28. The standard InChI is InChI=1S/C25H31N5/c1-3-7-21(8-4-1)11-14-28-16-13-24-26-27-25(30(24)18-17-28)23-12-15-29(20-23)19-22-9-5-2-6-10-22/h1-10,23H,11-20H2. The Hall–Kier alpha value is -2.50. The Balaban J connectivity index is 1.19. The summed E-state index contributed by atoms with van der Waals surface area (Å²) < 4.78 is 2.43. The molecule has 30 heavy (non-hydrogen) atoms. The second-order valence-corrected chi connectivity index (χ2v) is 8.66. The van der Waals surface area contributed by atoms with Crippen molar-refractivity contribution in [1.29, 1.82) is 0 Å². The zero-order valence-corrected chi connectivity index (χ0v) is 17.7. The fourth-order valence-corrected chi connectivity index (χ4v) is 4.88. The van der Waals surface area contributed by atoms with E-state index >= 15 is 0 Å². The molecule has 2 aliphatic rings. The second-order valence-electron chi connectivity index (χ2n) is 8.66. The highest BCUT2D eigenvalue weighted by atomic mass is 15.3. The fourth-order valence-electron chi connectivity index (χ4n) is 4.88. The number of hydrogen-bond donors (Lipinski definition) is 0. The van der Waals surface area contributed by atoms with E-state index in [4.69, 9.17) is 0 Å². The predicted molar refractivity (Wildman–Crippen MR) is 119 cm³/mol. The molecule has 0 aliphatic carbocycles. The van der Waals surface area contributed by atoms with E-state index < -0.39 is 0 Å². The van der Waals surface area contributed by atoms with Gasteiger partial charge in [0.15, 0.2) is 0 Å². The maximum absolute atomic E-state index is 4.65. The van der Waals surface area contributed by atoms with Crippen molar-refractivity contribution in [2.45, 2.75) is 38.3 Å². The average molecular weight is 402 g/mol. The zero-order valence-electron chi connectivity index (χ0n) is 17.7. The highest BCUT2D eigenvalue weighted by Gasteiger charge is 2.29. The number of nitrogens with zero attached hydrogens (tertiary/aromatic N) is 5. The number of rotatable bonds is 6. The molecular weight excluding hydrogens is 370 g/mol. The van der Waals surface area contributed by atoms with Crippen LogP contribution in [0.4, 0.5) is 0 Å². The lowest BCUT2D eigenvalue weighted by Gasteiger charge is -2.20. The van der Waals surface area contributed by atoms with Crippen molar-refractivity contribution in [3.8, 4) is 0 Å². The van der Waals surface area contributed by atoms with Crippen LogP contribution in [0.1, 0.15) is 35.1 Å². The van der Waals surface area contributed by atoms with Gasteiger partial charge in [-0.2, -0.15) is 0 Å². The number of aromatic nitrogens is 3. The Bertz CT molecular complexity index is 937. The van der Waals surface area contributed by atoms with Crippen LogP contribution in [-0.2, 0) is 25.9 Å². The van der Waals surface area contributed by atoms with E-state index in [0.29, 0.717) is 5.92 Å². The second kappa shape index (κ2) is 9.11. The summed E-state index contributed by atoms with van der Waals surface area (Å²) in [6.07, 6.45) is 3.30. The molecule has 1 unspecified atom stereocenters. The number of fused-ring (bicyclic) bond motifs is 1. The summed E-state index contributed by atoms with van der Waals surface area (Å²) in [4.78, 5) is 5.15. The SMILES string of the molecule is c1ccc(CCN2CCc3nnc(C4CCN(Cc5ccccc5)C4)n3CC2)cc1. The maximum atomic E-state index is 4.65. The Labute approximate surface area is 179 Å². The predicted octanol–water partition coefficient (Wildman–Crippen LogP) is 3.37. The van der Waals surface area contributed by atoms with Crippen LogP contribution >= 0.6 is 0 Å². The number of benzene rings is 2. The molecule has 5 heteroatoms. The van der Waals surface area contributed by atoms with Gasteiger partial charge >= 0.3 is 0 Å². The molecule has 0 spiro atoms. The van der Waals surface area contributed by atoms with E-state index in [0.717, 1.165) is 58.7 Å². The van der Waals surface area contributed by atoms with Crippen molar-refractivity contribution in [2.24, 2.45) is 0 Å². The van der Waals surface area contributed by atoms with E-state index in [1.165, 1.54) is 29.2 Å². The van der Waals surface area contributed by atoms with Gasteiger partial charge in [0, 0.05) is 51.6 Å². The summed E-state index contributed by atoms with van der Waals surface area (Å²) in [6, 6.07) is 21.6. The van der Waals surface area contributed by atoms with Crippen molar-refractivity contribution in [2.75, 3.05) is 32.7 Å². The van der Waals surface area contributed by atoms with Gasteiger partial charge in [0.05, 0.1) is 0 Å². The first kappa shape index (κ1) is 19.5. The first-order valence-electron chi connectivity index (χ1n) is 11.3. The minimum atomic E-state index is 0.505. The molecule has 3 aromatic rings. The van der Waals surface area contributed by atoms with E-state index in [9.17, 15) is 0 Å². The maximum Gasteiger partial charge on any atom is 0.137 e. The Morgan fingerprint density at radius 1 is 0.767 bits per heavy atom. The van der Waals surface area contributed by atoms with Crippen molar-refractivity contribution < 1.29 is 0 Å². The van der Waals surface area contributed by atoms with Gasteiger partial charge in [-0.1, -0.05) is 60.7 Å². The summed E-state index contributed by atoms with van der Waals surface area (Å²) in [5, 5.41) is 9.24. The van der Waals surface area contributed by atoms with Crippen LogP contribution in [-0.4, -0.2) is 57.3 Å². The number of hydrogen-bond acceptors (Lipinski definition) is 4. The van der Waals surface area contributed by atoms with Crippen molar-refractivity contribution in [3.05, 3.63) is 83.4 Å². The molecule has 1 saturated heterocycles. The quantitative estimate of drug-likeness (QED) is 0.635. The van der Waals surface area contributed by atoms with Gasteiger partial charge in [-0.3, -0.25) is 4.90 Å². The minimum Gasteiger partial charge on any atom is -0.313 e. The summed E-state index contributed by atoms with van der Waals surface area (Å²) in [5.74, 6) is 2.89. The Kier molecular flexibility index (Phi) is 5.91. The van der Waals surface area contributed by atoms with E-state index in [1.807, 2.05) is 0 Å². The van der Waals surface area contributed by atoms with E-state index in [-0.39, 0.29) is 0 Å². The monoisotopic (exact) mass is 401 g/mol. The first-order chi connectivity index (χ1) is 14.8.